The second kappa shape index (κ2) is 5.96. The van der Waals surface area contributed by atoms with Crippen LogP contribution in [0.2, 0.25) is 0 Å². The van der Waals surface area contributed by atoms with Gasteiger partial charge in [0.05, 0.1) is 11.4 Å². The Hall–Kier alpha value is -3.08. The number of hydrogen-bond donors (Lipinski definition) is 0. The number of aromatic nitrogens is 2. The fourth-order valence-electron chi connectivity index (χ4n) is 2.45. The highest BCUT2D eigenvalue weighted by atomic mass is 16.5. The van der Waals surface area contributed by atoms with E-state index in [2.05, 4.69) is 0 Å². The summed E-state index contributed by atoms with van der Waals surface area (Å²) in [5, 5.41) is 0. The van der Waals surface area contributed by atoms with Crippen molar-refractivity contribution in [1.82, 2.24) is 9.36 Å². The number of esters is 1. The van der Waals surface area contributed by atoms with E-state index in [9.17, 15) is 9.59 Å². The van der Waals surface area contributed by atoms with Crippen LogP contribution >= 0.6 is 0 Å². The Morgan fingerprint density at radius 1 is 0.957 bits per heavy atom. The van der Waals surface area contributed by atoms with Crippen molar-refractivity contribution in [3.05, 3.63) is 82.3 Å². The number of hydrogen-bond acceptors (Lipinski definition) is 3. The lowest BCUT2D eigenvalue weighted by molar-refractivity contribution is 0.0732. The zero-order valence-corrected chi connectivity index (χ0v) is 12.9. The summed E-state index contributed by atoms with van der Waals surface area (Å²) in [5.74, 6) is -0.240. The first-order valence-electron chi connectivity index (χ1n) is 7.21. The molecule has 0 atom stereocenters. The maximum Gasteiger partial charge on any atom is 0.351 e. The van der Waals surface area contributed by atoms with Gasteiger partial charge in [0.25, 0.3) is 5.56 Å². The summed E-state index contributed by atoms with van der Waals surface area (Å²) < 4.78 is 8.41. The molecule has 0 bridgehead atoms. The lowest BCUT2D eigenvalue weighted by Gasteiger charge is -2.07. The molecule has 0 aliphatic heterocycles. The van der Waals surface area contributed by atoms with Crippen molar-refractivity contribution < 1.29 is 9.53 Å². The molecule has 5 nitrogen and oxygen atoms in total. The fourth-order valence-corrected chi connectivity index (χ4v) is 2.45. The molecule has 0 saturated carbocycles. The maximum absolute atomic E-state index is 12.7. The third kappa shape index (κ3) is 2.68. The molecule has 2 aromatic carbocycles. The topological polar surface area (TPSA) is 53.2 Å². The second-order valence-corrected chi connectivity index (χ2v) is 5.14. The molecule has 3 aromatic rings. The minimum absolute atomic E-state index is 0.0419. The predicted molar refractivity (Wildman–Crippen MR) is 87.1 cm³/mol. The Morgan fingerprint density at radius 3 is 2.13 bits per heavy atom. The first-order chi connectivity index (χ1) is 11.1. The van der Waals surface area contributed by atoms with Gasteiger partial charge >= 0.3 is 5.97 Å². The van der Waals surface area contributed by atoms with Crippen LogP contribution in [0.5, 0.6) is 5.75 Å². The fraction of sp³-hybridized carbons (Fsp3) is 0.111. The number of rotatable bonds is 3. The van der Waals surface area contributed by atoms with E-state index in [-0.39, 0.29) is 5.56 Å². The van der Waals surface area contributed by atoms with Crippen molar-refractivity contribution in [2.24, 2.45) is 7.05 Å². The van der Waals surface area contributed by atoms with Crippen molar-refractivity contribution in [2.75, 3.05) is 0 Å². The molecule has 0 unspecified atom stereocenters. The van der Waals surface area contributed by atoms with E-state index in [0.717, 1.165) is 0 Å². The quantitative estimate of drug-likeness (QED) is 0.552. The van der Waals surface area contributed by atoms with Gasteiger partial charge in [0, 0.05) is 7.05 Å². The van der Waals surface area contributed by atoms with Crippen LogP contribution in [-0.2, 0) is 7.05 Å². The SMILES string of the molecule is Cc1c(C(=O)Oc2ccccc2)c(=O)n(-c2ccccc2)n1C. The predicted octanol–water partition coefficient (Wildman–Crippen LogP) is 2.70. The molecule has 5 heteroatoms. The third-order valence-corrected chi connectivity index (χ3v) is 3.71. The van der Waals surface area contributed by atoms with Crippen LogP contribution in [0, 0.1) is 6.92 Å². The van der Waals surface area contributed by atoms with Crippen molar-refractivity contribution in [2.45, 2.75) is 6.92 Å². The van der Waals surface area contributed by atoms with Gasteiger partial charge in [-0.25, -0.2) is 9.48 Å². The van der Waals surface area contributed by atoms with Crippen LogP contribution in [0.15, 0.2) is 65.5 Å². The molecule has 0 radical (unpaired) electrons. The van der Waals surface area contributed by atoms with Crippen LogP contribution in [0.3, 0.4) is 0 Å². The zero-order valence-electron chi connectivity index (χ0n) is 12.9. The van der Waals surface area contributed by atoms with Gasteiger partial charge in [-0.15, -0.1) is 0 Å². The van der Waals surface area contributed by atoms with Crippen LogP contribution in [-0.4, -0.2) is 15.3 Å². The van der Waals surface area contributed by atoms with Gasteiger partial charge in [-0.05, 0) is 31.2 Å². The van der Waals surface area contributed by atoms with Crippen molar-refractivity contribution in [3.63, 3.8) is 0 Å². The van der Waals surface area contributed by atoms with E-state index < -0.39 is 11.5 Å². The summed E-state index contributed by atoms with van der Waals surface area (Å²) in [6, 6.07) is 17.9. The largest absolute Gasteiger partial charge is 0.423 e. The summed E-state index contributed by atoms with van der Waals surface area (Å²) in [6.45, 7) is 1.72. The Kier molecular flexibility index (Phi) is 3.85. The molecular formula is C18H16N2O3. The summed E-state index contributed by atoms with van der Waals surface area (Å²) in [6.07, 6.45) is 0. The first-order valence-corrected chi connectivity index (χ1v) is 7.21. The van der Waals surface area contributed by atoms with Gasteiger partial charge in [0.2, 0.25) is 0 Å². The minimum atomic E-state index is -0.649. The van der Waals surface area contributed by atoms with Crippen LogP contribution < -0.4 is 10.3 Å². The summed E-state index contributed by atoms with van der Waals surface area (Å²) in [4.78, 5) is 25.1. The average molecular weight is 308 g/mol. The van der Waals surface area contributed by atoms with E-state index in [1.807, 2.05) is 36.4 Å². The molecule has 116 valence electrons. The highest BCUT2D eigenvalue weighted by Crippen LogP contribution is 2.14. The van der Waals surface area contributed by atoms with Crippen LogP contribution in [0.1, 0.15) is 16.1 Å². The molecule has 0 amide bonds. The average Bonchev–Trinajstić information content (AvgIpc) is 2.79. The van der Waals surface area contributed by atoms with Gasteiger partial charge < -0.3 is 4.74 Å². The lowest BCUT2D eigenvalue weighted by Crippen LogP contribution is -2.24. The molecule has 0 aliphatic rings. The van der Waals surface area contributed by atoms with Crippen molar-refractivity contribution in [3.8, 4) is 11.4 Å². The van der Waals surface area contributed by atoms with Crippen LogP contribution in [0.4, 0.5) is 0 Å². The van der Waals surface area contributed by atoms with Gasteiger partial charge in [-0.1, -0.05) is 36.4 Å². The molecule has 0 saturated heterocycles. The first kappa shape index (κ1) is 14.8. The summed E-state index contributed by atoms with van der Waals surface area (Å²) >= 11 is 0. The monoisotopic (exact) mass is 308 g/mol. The molecule has 1 aromatic heterocycles. The van der Waals surface area contributed by atoms with Crippen LogP contribution in [0.25, 0.3) is 5.69 Å². The van der Waals surface area contributed by atoms with E-state index in [4.69, 9.17) is 4.74 Å². The van der Waals surface area contributed by atoms with Gasteiger partial charge in [0.1, 0.15) is 11.3 Å². The van der Waals surface area contributed by atoms with E-state index in [0.29, 0.717) is 17.1 Å². The third-order valence-electron chi connectivity index (χ3n) is 3.71. The van der Waals surface area contributed by atoms with E-state index in [1.165, 1.54) is 4.68 Å². The number of para-hydroxylation sites is 2. The van der Waals surface area contributed by atoms with Crippen molar-refractivity contribution >= 4 is 5.97 Å². The second-order valence-electron chi connectivity index (χ2n) is 5.14. The van der Waals surface area contributed by atoms with E-state index >= 15 is 0 Å². The Labute approximate surface area is 133 Å². The molecule has 0 aliphatic carbocycles. The standard InChI is InChI=1S/C18H16N2O3/c1-13-16(18(22)23-15-11-7-4-8-12-15)17(21)20(19(13)2)14-9-5-3-6-10-14/h3-12H,1-2H3. The zero-order chi connectivity index (χ0) is 16.4. The smallest absolute Gasteiger partial charge is 0.351 e. The molecule has 3 rings (SSSR count). The molecule has 0 spiro atoms. The molecule has 23 heavy (non-hydrogen) atoms. The van der Waals surface area contributed by atoms with Gasteiger partial charge in [-0.3, -0.25) is 9.48 Å². The molecule has 0 fully saturated rings. The minimum Gasteiger partial charge on any atom is -0.423 e. The number of ether oxygens (including phenoxy) is 1. The summed E-state index contributed by atoms with van der Waals surface area (Å²) in [5.41, 5.74) is 0.902. The Bertz CT molecular complexity index is 893. The Morgan fingerprint density at radius 2 is 1.52 bits per heavy atom. The number of benzene rings is 2. The molecule has 1 heterocycles. The maximum atomic E-state index is 12.7. The molecule has 0 N–H and O–H groups in total. The number of carbonyl (C=O) groups is 1. The van der Waals surface area contributed by atoms with Gasteiger partial charge in [-0.2, -0.15) is 0 Å². The Balaban J connectivity index is 2.04. The van der Waals surface area contributed by atoms with E-state index in [1.54, 1.807) is 42.9 Å². The molecular weight excluding hydrogens is 292 g/mol. The highest BCUT2D eigenvalue weighted by Gasteiger charge is 2.23. The summed E-state index contributed by atoms with van der Waals surface area (Å²) in [7, 11) is 1.74. The van der Waals surface area contributed by atoms with Gasteiger partial charge in [0.15, 0.2) is 0 Å². The normalized spacial score (nSPS) is 10.5. The number of carbonyl (C=O) groups excluding carboxylic acids is 1. The number of nitrogens with zero attached hydrogens (tertiary/aromatic N) is 2. The van der Waals surface area contributed by atoms with Crippen molar-refractivity contribution in [1.29, 1.82) is 0 Å². The highest BCUT2D eigenvalue weighted by molar-refractivity contribution is 5.92. The lowest BCUT2D eigenvalue weighted by atomic mass is 10.2.